The van der Waals surface area contributed by atoms with Crippen LogP contribution in [-0.4, -0.2) is 17.6 Å². The number of aliphatic carboxylic acids is 1. The molecule has 0 amide bonds. The highest BCUT2D eigenvalue weighted by Gasteiger charge is 2.13. The smallest absolute Gasteiger partial charge is 0.303 e. The van der Waals surface area contributed by atoms with Crippen LogP contribution in [0, 0.1) is 0 Å². The van der Waals surface area contributed by atoms with Crippen LogP contribution in [0.4, 0.5) is 0 Å². The first kappa shape index (κ1) is 14.2. The molecule has 1 unspecified atom stereocenters. The van der Waals surface area contributed by atoms with Crippen LogP contribution in [0.5, 0.6) is 0 Å². The number of carboxylic acids is 1. The van der Waals surface area contributed by atoms with Crippen LogP contribution in [0.1, 0.15) is 28.6 Å². The quantitative estimate of drug-likeness (QED) is 0.732. The van der Waals surface area contributed by atoms with Gasteiger partial charge in [0.2, 0.25) is 0 Å². The predicted octanol–water partition coefficient (Wildman–Crippen LogP) is 3.55. The summed E-state index contributed by atoms with van der Waals surface area (Å²) in [6, 6.07) is 8.68. The van der Waals surface area contributed by atoms with Crippen LogP contribution in [0.15, 0.2) is 35.0 Å². The molecule has 2 heterocycles. The summed E-state index contributed by atoms with van der Waals surface area (Å²) in [5.41, 5.74) is 0. The van der Waals surface area contributed by atoms with E-state index in [-0.39, 0.29) is 12.5 Å². The molecule has 0 saturated heterocycles. The molecule has 2 aromatic heterocycles. The molecule has 0 aromatic carbocycles. The molecule has 102 valence electrons. The minimum atomic E-state index is -0.729. The van der Waals surface area contributed by atoms with Gasteiger partial charge < -0.3 is 10.4 Å². The zero-order valence-electron chi connectivity index (χ0n) is 10.5. The third-order valence-corrected chi connectivity index (χ3v) is 4.71. The number of carboxylic acid groups (broad SMARTS) is 1. The van der Waals surface area contributed by atoms with E-state index in [0.717, 1.165) is 13.0 Å². The van der Waals surface area contributed by atoms with Crippen molar-refractivity contribution in [2.24, 2.45) is 0 Å². The Balaban J connectivity index is 1.89. The maximum absolute atomic E-state index is 10.5. The minimum absolute atomic E-state index is 0.225. The maximum Gasteiger partial charge on any atom is 0.303 e. The lowest BCUT2D eigenvalue weighted by Gasteiger charge is -2.16. The first-order valence-corrected chi connectivity index (χ1v) is 8.02. The van der Waals surface area contributed by atoms with Crippen molar-refractivity contribution in [3.63, 3.8) is 0 Å². The second kappa shape index (κ2) is 7.43. The Morgan fingerprint density at radius 3 is 2.68 bits per heavy atom. The lowest BCUT2D eigenvalue weighted by Crippen LogP contribution is -2.23. The van der Waals surface area contributed by atoms with Gasteiger partial charge in [-0.05, 0) is 35.9 Å². The summed E-state index contributed by atoms with van der Waals surface area (Å²) in [6.45, 7) is 0.736. The molecule has 2 N–H and O–H groups in total. The Labute approximate surface area is 120 Å². The van der Waals surface area contributed by atoms with Crippen LogP contribution < -0.4 is 5.32 Å². The Morgan fingerprint density at radius 1 is 1.26 bits per heavy atom. The van der Waals surface area contributed by atoms with Crippen LogP contribution in [-0.2, 0) is 11.2 Å². The Morgan fingerprint density at radius 2 is 2.05 bits per heavy atom. The van der Waals surface area contributed by atoms with Gasteiger partial charge in [-0.2, -0.15) is 0 Å². The fourth-order valence-corrected chi connectivity index (χ4v) is 3.46. The number of hydrogen-bond donors (Lipinski definition) is 2. The molecule has 0 aliphatic heterocycles. The topological polar surface area (TPSA) is 49.3 Å². The van der Waals surface area contributed by atoms with E-state index in [1.165, 1.54) is 9.75 Å². The highest BCUT2D eigenvalue weighted by molar-refractivity contribution is 7.10. The summed E-state index contributed by atoms with van der Waals surface area (Å²) < 4.78 is 0. The molecule has 3 nitrogen and oxygen atoms in total. The van der Waals surface area contributed by atoms with E-state index in [1.54, 1.807) is 22.7 Å². The predicted molar refractivity (Wildman–Crippen MR) is 80.0 cm³/mol. The summed E-state index contributed by atoms with van der Waals surface area (Å²) >= 11 is 3.51. The van der Waals surface area contributed by atoms with Crippen molar-refractivity contribution in [1.82, 2.24) is 5.32 Å². The maximum atomic E-state index is 10.5. The van der Waals surface area contributed by atoms with E-state index in [4.69, 9.17) is 5.11 Å². The lowest BCUT2D eigenvalue weighted by atomic mass is 10.1. The van der Waals surface area contributed by atoms with Gasteiger partial charge in [-0.15, -0.1) is 22.7 Å². The van der Waals surface area contributed by atoms with Gasteiger partial charge in [-0.25, -0.2) is 0 Å². The van der Waals surface area contributed by atoms with E-state index < -0.39 is 5.97 Å². The van der Waals surface area contributed by atoms with E-state index in [0.29, 0.717) is 6.42 Å². The van der Waals surface area contributed by atoms with Crippen molar-refractivity contribution in [2.45, 2.75) is 25.3 Å². The first-order chi connectivity index (χ1) is 9.25. The number of rotatable bonds is 8. The number of nitrogens with one attached hydrogen (secondary N) is 1. The SMILES string of the molecule is O=C(O)CCCNC(Cc1cccs1)c1cccs1. The molecule has 0 bridgehead atoms. The molecule has 1 atom stereocenters. The van der Waals surface area contributed by atoms with Crippen molar-refractivity contribution >= 4 is 28.6 Å². The van der Waals surface area contributed by atoms with Gasteiger partial charge in [0.15, 0.2) is 0 Å². The molecule has 0 radical (unpaired) electrons. The molecule has 2 aromatic rings. The standard InChI is InChI=1S/C14H17NO2S2/c16-14(17)6-1-7-15-12(13-5-3-9-19-13)10-11-4-2-8-18-11/h2-5,8-9,12,15H,1,6-7,10H2,(H,16,17). The van der Waals surface area contributed by atoms with Gasteiger partial charge in [0.05, 0.1) is 0 Å². The Hall–Kier alpha value is -1.17. The molecular formula is C14H17NO2S2. The minimum Gasteiger partial charge on any atom is -0.481 e. The van der Waals surface area contributed by atoms with Crippen molar-refractivity contribution in [1.29, 1.82) is 0 Å². The molecule has 2 rings (SSSR count). The van der Waals surface area contributed by atoms with Crippen LogP contribution >= 0.6 is 22.7 Å². The van der Waals surface area contributed by atoms with Gasteiger partial charge in [0.25, 0.3) is 0 Å². The van der Waals surface area contributed by atoms with E-state index in [1.807, 2.05) is 0 Å². The number of thiophene rings is 2. The highest BCUT2D eigenvalue weighted by Crippen LogP contribution is 2.24. The van der Waals surface area contributed by atoms with E-state index in [2.05, 4.69) is 40.3 Å². The van der Waals surface area contributed by atoms with Crippen molar-refractivity contribution in [3.05, 3.63) is 44.8 Å². The van der Waals surface area contributed by atoms with Gasteiger partial charge in [0.1, 0.15) is 0 Å². The van der Waals surface area contributed by atoms with Gasteiger partial charge in [0, 0.05) is 28.6 Å². The van der Waals surface area contributed by atoms with Gasteiger partial charge >= 0.3 is 5.97 Å². The molecule has 0 saturated carbocycles. The molecule has 5 heteroatoms. The fraction of sp³-hybridized carbons (Fsp3) is 0.357. The second-order valence-corrected chi connectivity index (χ2v) is 6.31. The van der Waals surface area contributed by atoms with Crippen LogP contribution in [0.25, 0.3) is 0 Å². The summed E-state index contributed by atoms with van der Waals surface area (Å²) in [7, 11) is 0. The Bertz CT molecular complexity index is 480. The van der Waals surface area contributed by atoms with Crippen molar-refractivity contribution in [2.75, 3.05) is 6.54 Å². The summed E-state index contributed by atoms with van der Waals surface area (Å²) in [5, 5.41) is 16.3. The first-order valence-electron chi connectivity index (χ1n) is 6.26. The third-order valence-electron chi connectivity index (χ3n) is 2.83. The third kappa shape index (κ3) is 4.78. The Kier molecular flexibility index (Phi) is 5.57. The highest BCUT2D eigenvalue weighted by atomic mass is 32.1. The van der Waals surface area contributed by atoms with Gasteiger partial charge in [-0.1, -0.05) is 12.1 Å². The zero-order valence-corrected chi connectivity index (χ0v) is 12.2. The summed E-state index contributed by atoms with van der Waals surface area (Å²) in [5.74, 6) is -0.729. The lowest BCUT2D eigenvalue weighted by molar-refractivity contribution is -0.137. The summed E-state index contributed by atoms with van der Waals surface area (Å²) in [4.78, 5) is 13.2. The molecular weight excluding hydrogens is 278 g/mol. The summed E-state index contributed by atoms with van der Waals surface area (Å²) in [6.07, 6.45) is 1.86. The van der Waals surface area contributed by atoms with Crippen molar-refractivity contribution < 1.29 is 9.90 Å². The molecule has 0 aliphatic rings. The monoisotopic (exact) mass is 295 g/mol. The molecule has 0 fully saturated rings. The number of carbonyl (C=O) groups is 1. The molecule has 19 heavy (non-hydrogen) atoms. The molecule has 0 aliphatic carbocycles. The zero-order chi connectivity index (χ0) is 13.5. The van der Waals surface area contributed by atoms with Crippen LogP contribution in [0.2, 0.25) is 0 Å². The van der Waals surface area contributed by atoms with Gasteiger partial charge in [-0.3, -0.25) is 4.79 Å². The fourth-order valence-electron chi connectivity index (χ4n) is 1.91. The second-order valence-electron chi connectivity index (χ2n) is 4.30. The van der Waals surface area contributed by atoms with E-state index in [9.17, 15) is 4.79 Å². The normalized spacial score (nSPS) is 12.4. The van der Waals surface area contributed by atoms with E-state index >= 15 is 0 Å². The average Bonchev–Trinajstić information content (AvgIpc) is 3.05. The van der Waals surface area contributed by atoms with Crippen molar-refractivity contribution in [3.8, 4) is 0 Å². The van der Waals surface area contributed by atoms with Crippen LogP contribution in [0.3, 0.4) is 0 Å². The average molecular weight is 295 g/mol. The largest absolute Gasteiger partial charge is 0.481 e. The number of hydrogen-bond acceptors (Lipinski definition) is 4. The molecule has 0 spiro atoms.